The minimum Gasteiger partial charge on any atom is -0.408 e. The van der Waals surface area contributed by atoms with E-state index in [2.05, 4.69) is 150 Å². The van der Waals surface area contributed by atoms with Gasteiger partial charge in [-0.1, -0.05) is 121 Å². The molecule has 2 aromatic heterocycles. The minimum absolute atomic E-state index is 0.00362. The maximum atomic E-state index is 7.42. The average molecular weight is 815 g/mol. The SMILES string of the molecule is COCC1OC(n2cnc3c(NCC(c4ccccc4)c4ccccc4)nc(CN(C)C4CCCCC4)nc32)C(O[Si](C)(C)C(C)(C)C)C1O[Si](C)(C)C(C)(C)C. The molecule has 12 heteroatoms. The first kappa shape index (κ1) is 43.6. The molecule has 1 saturated carbocycles. The standard InChI is InChI=1S/C45H70N6O4Si2/c1-44(2,3)56(9,10)54-39-36(30-52-8)53-43(40(39)55-57(11,12)45(4,5)6)51-31-47-38-41(48-37(49-42(38)51)29-50(7)34-26-20-15-21-27-34)46-28-35(32-22-16-13-17-23-32)33-24-18-14-19-25-33/h13-14,16-19,22-25,31,34-36,39-40,43H,15,20-21,26-30H2,1-12H3,(H,46,48,49). The summed E-state index contributed by atoms with van der Waals surface area (Å²) in [6.45, 7) is 24.6. The van der Waals surface area contributed by atoms with Crippen LogP contribution in [0.5, 0.6) is 0 Å². The van der Waals surface area contributed by atoms with Crippen LogP contribution in [0.15, 0.2) is 67.0 Å². The van der Waals surface area contributed by atoms with Crippen molar-refractivity contribution in [1.82, 2.24) is 24.4 Å². The first-order valence-corrected chi connectivity index (χ1v) is 27.0. The third kappa shape index (κ3) is 9.91. The maximum absolute atomic E-state index is 7.42. The second kappa shape index (κ2) is 17.7. The van der Waals surface area contributed by atoms with Gasteiger partial charge >= 0.3 is 0 Å². The number of nitrogens with one attached hydrogen (secondary N) is 1. The largest absolute Gasteiger partial charge is 0.408 e. The molecule has 4 aromatic rings. The fourth-order valence-electron chi connectivity index (χ4n) is 7.75. The van der Waals surface area contributed by atoms with Crippen LogP contribution in [-0.2, 0) is 24.9 Å². The van der Waals surface area contributed by atoms with Crippen molar-refractivity contribution in [3.8, 4) is 0 Å². The summed E-state index contributed by atoms with van der Waals surface area (Å²) in [5.41, 5.74) is 3.93. The molecule has 4 atom stereocenters. The molecule has 1 aliphatic carbocycles. The molecule has 57 heavy (non-hydrogen) atoms. The molecule has 1 N–H and O–H groups in total. The highest BCUT2D eigenvalue weighted by molar-refractivity contribution is 6.74. The Kier molecular flexibility index (Phi) is 13.5. The smallest absolute Gasteiger partial charge is 0.192 e. The summed E-state index contributed by atoms with van der Waals surface area (Å²) in [6, 6.07) is 21.9. The van der Waals surface area contributed by atoms with E-state index in [4.69, 9.17) is 33.3 Å². The fourth-order valence-corrected chi connectivity index (χ4v) is 10.3. The second-order valence-electron chi connectivity index (χ2n) is 19.5. The summed E-state index contributed by atoms with van der Waals surface area (Å²) < 4.78 is 29.7. The molecule has 0 radical (unpaired) electrons. The van der Waals surface area contributed by atoms with E-state index < -0.39 is 29.0 Å². The van der Waals surface area contributed by atoms with Gasteiger partial charge in [0.2, 0.25) is 0 Å². The highest BCUT2D eigenvalue weighted by atomic mass is 28.4. The molecular weight excluding hydrogens is 745 g/mol. The van der Waals surface area contributed by atoms with Crippen LogP contribution in [-0.4, -0.2) is 92.7 Å². The number of benzene rings is 2. The number of methoxy groups -OCH3 is 1. The summed E-state index contributed by atoms with van der Waals surface area (Å²) in [5, 5.41) is 3.76. The number of aromatic nitrogens is 4. The van der Waals surface area contributed by atoms with Crippen LogP contribution in [0.1, 0.15) is 103 Å². The molecule has 1 aliphatic heterocycles. The maximum Gasteiger partial charge on any atom is 0.192 e. The Morgan fingerprint density at radius 2 is 1.39 bits per heavy atom. The Hall–Kier alpha value is -2.98. The average Bonchev–Trinajstić information content (AvgIpc) is 3.72. The van der Waals surface area contributed by atoms with Gasteiger partial charge < -0.3 is 23.6 Å². The lowest BCUT2D eigenvalue weighted by atomic mass is 9.91. The van der Waals surface area contributed by atoms with Gasteiger partial charge in [0.1, 0.15) is 24.1 Å². The van der Waals surface area contributed by atoms with Gasteiger partial charge in [0, 0.05) is 25.6 Å². The first-order chi connectivity index (χ1) is 26.9. The zero-order chi connectivity index (χ0) is 41.2. The Morgan fingerprint density at radius 1 is 0.825 bits per heavy atom. The van der Waals surface area contributed by atoms with Gasteiger partial charge in [0.25, 0.3) is 0 Å². The lowest BCUT2D eigenvalue weighted by molar-refractivity contribution is -0.0562. The number of hydrogen-bond donors (Lipinski definition) is 1. The predicted octanol–water partition coefficient (Wildman–Crippen LogP) is 10.2. The summed E-state index contributed by atoms with van der Waals surface area (Å²) in [6.07, 6.45) is 6.52. The molecule has 10 nitrogen and oxygen atoms in total. The van der Waals surface area contributed by atoms with Crippen molar-refractivity contribution in [1.29, 1.82) is 0 Å². The van der Waals surface area contributed by atoms with Crippen molar-refractivity contribution in [3.05, 3.63) is 83.9 Å². The van der Waals surface area contributed by atoms with Crippen molar-refractivity contribution in [3.63, 3.8) is 0 Å². The third-order valence-electron chi connectivity index (χ3n) is 13.3. The monoisotopic (exact) mass is 814 g/mol. The molecule has 1 saturated heterocycles. The molecule has 2 fully saturated rings. The number of fused-ring (bicyclic) bond motifs is 1. The molecule has 0 amide bonds. The van der Waals surface area contributed by atoms with E-state index in [1.807, 2.05) is 6.33 Å². The van der Waals surface area contributed by atoms with Crippen LogP contribution < -0.4 is 5.32 Å². The van der Waals surface area contributed by atoms with Crippen LogP contribution in [0.2, 0.25) is 36.3 Å². The van der Waals surface area contributed by atoms with Crippen LogP contribution in [0.4, 0.5) is 5.82 Å². The summed E-state index contributed by atoms with van der Waals surface area (Å²) in [7, 11) is -0.650. The molecule has 6 rings (SSSR count). The summed E-state index contributed by atoms with van der Waals surface area (Å²) >= 11 is 0. The number of rotatable bonds is 15. The van der Waals surface area contributed by atoms with Crippen molar-refractivity contribution in [2.45, 2.75) is 153 Å². The van der Waals surface area contributed by atoms with E-state index in [9.17, 15) is 0 Å². The van der Waals surface area contributed by atoms with E-state index in [1.54, 1.807) is 7.11 Å². The molecule has 3 heterocycles. The van der Waals surface area contributed by atoms with Gasteiger partial charge in [0.15, 0.2) is 39.8 Å². The molecule has 0 bridgehead atoms. The first-order valence-electron chi connectivity index (χ1n) is 21.2. The van der Waals surface area contributed by atoms with Crippen LogP contribution in [0.3, 0.4) is 0 Å². The predicted molar refractivity (Wildman–Crippen MR) is 237 cm³/mol. The number of hydrogen-bond acceptors (Lipinski definition) is 9. The highest BCUT2D eigenvalue weighted by Gasteiger charge is 2.54. The minimum atomic E-state index is -2.33. The van der Waals surface area contributed by atoms with E-state index >= 15 is 0 Å². The zero-order valence-corrected chi connectivity index (χ0v) is 38.8. The van der Waals surface area contributed by atoms with E-state index in [-0.39, 0.29) is 28.2 Å². The van der Waals surface area contributed by atoms with E-state index in [1.165, 1.54) is 43.2 Å². The van der Waals surface area contributed by atoms with Gasteiger partial charge in [-0.3, -0.25) is 9.47 Å². The Morgan fingerprint density at radius 3 is 1.93 bits per heavy atom. The van der Waals surface area contributed by atoms with E-state index in [0.29, 0.717) is 31.3 Å². The number of imidazole rings is 1. The van der Waals surface area contributed by atoms with Crippen molar-refractivity contribution in [2.24, 2.45) is 0 Å². The number of nitrogens with zero attached hydrogens (tertiary/aromatic N) is 5. The lowest BCUT2D eigenvalue weighted by Gasteiger charge is -2.44. The van der Waals surface area contributed by atoms with Crippen LogP contribution in [0, 0.1) is 0 Å². The molecular formula is C45H70N6O4Si2. The van der Waals surface area contributed by atoms with Crippen molar-refractivity contribution >= 4 is 33.6 Å². The van der Waals surface area contributed by atoms with Crippen molar-refractivity contribution < 1.29 is 18.3 Å². The molecule has 0 spiro atoms. The topological polar surface area (TPSA) is 95.8 Å². The van der Waals surface area contributed by atoms with E-state index in [0.717, 1.165) is 17.3 Å². The fraction of sp³-hybridized carbons (Fsp3) is 0.622. The van der Waals surface area contributed by atoms with Gasteiger partial charge in [-0.2, -0.15) is 0 Å². The Bertz CT molecular complexity index is 1850. The Balaban J connectivity index is 1.45. The van der Waals surface area contributed by atoms with Gasteiger partial charge in [-0.15, -0.1) is 0 Å². The Labute approximate surface area is 344 Å². The quantitative estimate of drug-likeness (QED) is 0.118. The number of anilines is 1. The number of ether oxygens (including phenoxy) is 2. The summed E-state index contributed by atoms with van der Waals surface area (Å²) in [4.78, 5) is 18.1. The molecule has 4 unspecified atom stereocenters. The summed E-state index contributed by atoms with van der Waals surface area (Å²) in [5.74, 6) is 1.60. The lowest BCUT2D eigenvalue weighted by Crippen LogP contribution is -2.54. The zero-order valence-electron chi connectivity index (χ0n) is 36.8. The van der Waals surface area contributed by atoms with Crippen molar-refractivity contribution in [2.75, 3.05) is 32.6 Å². The van der Waals surface area contributed by atoms with Crippen LogP contribution in [0.25, 0.3) is 11.2 Å². The van der Waals surface area contributed by atoms with Gasteiger partial charge in [0.05, 0.1) is 19.5 Å². The normalized spacial score (nSPS) is 21.6. The van der Waals surface area contributed by atoms with Gasteiger partial charge in [-0.05, 0) is 67.3 Å². The third-order valence-corrected chi connectivity index (χ3v) is 22.2. The molecule has 2 aromatic carbocycles. The molecule has 2 aliphatic rings. The second-order valence-corrected chi connectivity index (χ2v) is 29.0. The van der Waals surface area contributed by atoms with Crippen LogP contribution >= 0.6 is 0 Å². The highest BCUT2D eigenvalue weighted by Crippen LogP contribution is 2.46. The van der Waals surface area contributed by atoms with Gasteiger partial charge in [-0.25, -0.2) is 15.0 Å². The molecule has 312 valence electrons.